The monoisotopic (exact) mass is 453 g/mol. The number of carbonyl (C=O) groups excluding carboxylic acids is 2. The van der Waals surface area contributed by atoms with Crippen molar-refractivity contribution in [1.82, 2.24) is 19.8 Å². The number of aromatic nitrogens is 2. The molecule has 172 valence electrons. The van der Waals surface area contributed by atoms with Gasteiger partial charge in [0.25, 0.3) is 5.91 Å². The number of aliphatic hydroxyl groups excluding tert-OH is 1. The number of rotatable bonds is 5. The quantitative estimate of drug-likeness (QED) is 0.550. The number of ether oxygens (including phenoxy) is 1. The van der Waals surface area contributed by atoms with Crippen molar-refractivity contribution in [3.05, 3.63) is 53.6 Å². The predicted octanol–water partition coefficient (Wildman–Crippen LogP) is 3.06. The molecule has 2 fully saturated rings. The van der Waals surface area contributed by atoms with E-state index >= 15 is 0 Å². The van der Waals surface area contributed by atoms with Gasteiger partial charge in [-0.1, -0.05) is 0 Å². The minimum absolute atomic E-state index is 0.0537. The van der Waals surface area contributed by atoms with E-state index in [1.807, 2.05) is 0 Å². The highest BCUT2D eigenvalue weighted by atomic mass is 19.1. The Labute approximate surface area is 189 Å². The molecule has 0 spiro atoms. The molecule has 1 saturated carbocycles. The molecule has 5 rings (SSSR count). The van der Waals surface area contributed by atoms with Crippen LogP contribution in [0.4, 0.5) is 14.9 Å². The van der Waals surface area contributed by atoms with E-state index in [4.69, 9.17) is 4.74 Å². The Hall–Kier alpha value is -3.66. The molecule has 3 heterocycles. The maximum absolute atomic E-state index is 14.6. The van der Waals surface area contributed by atoms with Crippen LogP contribution in [0, 0.1) is 12.7 Å². The van der Waals surface area contributed by atoms with Gasteiger partial charge in [0.2, 0.25) is 0 Å². The number of nitrogens with one attached hydrogen (secondary N) is 2. The van der Waals surface area contributed by atoms with Gasteiger partial charge in [0.15, 0.2) is 5.75 Å². The number of aryl methyl sites for hydroxylation is 1. The Morgan fingerprint density at radius 3 is 2.73 bits per heavy atom. The molecular formula is C23H24FN5O4. The van der Waals surface area contributed by atoms with Gasteiger partial charge in [-0.3, -0.25) is 4.79 Å². The topological polar surface area (TPSA) is 108 Å². The lowest BCUT2D eigenvalue weighted by Crippen LogP contribution is -2.60. The summed E-state index contributed by atoms with van der Waals surface area (Å²) in [6, 6.07) is 5.31. The van der Waals surface area contributed by atoms with Crippen LogP contribution < -0.4 is 15.4 Å². The average Bonchev–Trinajstić information content (AvgIpc) is 3.53. The number of urea groups is 1. The molecule has 0 unspecified atom stereocenters. The van der Waals surface area contributed by atoms with E-state index in [-0.39, 0.29) is 29.4 Å². The van der Waals surface area contributed by atoms with Crippen LogP contribution in [-0.4, -0.2) is 56.3 Å². The van der Waals surface area contributed by atoms with Gasteiger partial charge in [-0.25, -0.2) is 13.7 Å². The lowest BCUT2D eigenvalue weighted by Gasteiger charge is -2.43. The number of hydrogen-bond acceptors (Lipinski definition) is 5. The summed E-state index contributed by atoms with van der Waals surface area (Å²) in [5, 5.41) is 19.2. The SMILES string of the molecule is Cc1c(C(=O)N2C[C@@H](O)[C@H]2C)cn2nccc(Oc3ccc(NC(=O)NC4CC4)c(F)c3)c12. The number of β-amino-alcohol motifs (C(OH)–C–C–N with tert-alkyl or cyclic N) is 1. The molecule has 2 aromatic heterocycles. The third kappa shape index (κ3) is 3.97. The van der Waals surface area contributed by atoms with Crippen molar-refractivity contribution in [3.8, 4) is 11.5 Å². The van der Waals surface area contributed by atoms with Crippen LogP contribution in [0.2, 0.25) is 0 Å². The Balaban J connectivity index is 1.38. The third-order valence-corrected chi connectivity index (χ3v) is 6.14. The fraction of sp³-hybridized carbons (Fsp3) is 0.348. The zero-order chi connectivity index (χ0) is 23.3. The molecule has 1 aromatic carbocycles. The first kappa shape index (κ1) is 21.2. The molecule has 9 nitrogen and oxygen atoms in total. The first-order valence-electron chi connectivity index (χ1n) is 10.8. The van der Waals surface area contributed by atoms with Crippen molar-refractivity contribution < 1.29 is 23.8 Å². The van der Waals surface area contributed by atoms with Crippen LogP contribution >= 0.6 is 0 Å². The van der Waals surface area contributed by atoms with Crippen molar-refractivity contribution in [3.63, 3.8) is 0 Å². The maximum atomic E-state index is 14.6. The number of likely N-dealkylation sites (tertiary alicyclic amines) is 1. The van der Waals surface area contributed by atoms with Gasteiger partial charge >= 0.3 is 6.03 Å². The molecule has 3 amide bonds. The number of halogens is 1. The first-order chi connectivity index (χ1) is 15.8. The summed E-state index contributed by atoms with van der Waals surface area (Å²) in [6.07, 6.45) is 4.52. The van der Waals surface area contributed by atoms with Crippen molar-refractivity contribution in [2.75, 3.05) is 11.9 Å². The molecule has 1 saturated heterocycles. The molecule has 1 aliphatic heterocycles. The number of fused-ring (bicyclic) bond motifs is 1. The van der Waals surface area contributed by atoms with E-state index in [1.165, 1.54) is 18.3 Å². The van der Waals surface area contributed by atoms with Crippen molar-refractivity contribution in [2.24, 2.45) is 0 Å². The average molecular weight is 453 g/mol. The summed E-state index contributed by atoms with van der Waals surface area (Å²) < 4.78 is 22.0. The Morgan fingerprint density at radius 1 is 1.27 bits per heavy atom. The van der Waals surface area contributed by atoms with Gasteiger partial charge in [0, 0.05) is 30.9 Å². The predicted molar refractivity (Wildman–Crippen MR) is 118 cm³/mol. The van der Waals surface area contributed by atoms with Crippen molar-refractivity contribution in [1.29, 1.82) is 0 Å². The number of aliphatic hydroxyl groups is 1. The Kier molecular flexibility index (Phi) is 5.16. The van der Waals surface area contributed by atoms with Gasteiger partial charge in [-0.05, 0) is 44.4 Å². The lowest BCUT2D eigenvalue weighted by atomic mass is 9.99. The molecule has 10 heteroatoms. The van der Waals surface area contributed by atoms with E-state index in [9.17, 15) is 19.1 Å². The highest BCUT2D eigenvalue weighted by molar-refractivity contribution is 5.99. The highest BCUT2D eigenvalue weighted by Gasteiger charge is 2.38. The van der Waals surface area contributed by atoms with E-state index in [1.54, 1.807) is 41.6 Å². The molecule has 3 N–H and O–H groups in total. The molecule has 1 aliphatic carbocycles. The number of anilines is 1. The minimum atomic E-state index is -0.628. The summed E-state index contributed by atoms with van der Waals surface area (Å²) >= 11 is 0. The molecule has 33 heavy (non-hydrogen) atoms. The van der Waals surface area contributed by atoms with Gasteiger partial charge < -0.3 is 25.4 Å². The van der Waals surface area contributed by atoms with Crippen LogP contribution in [0.15, 0.2) is 36.7 Å². The molecule has 0 bridgehead atoms. The Bertz CT molecular complexity index is 1260. The van der Waals surface area contributed by atoms with Gasteiger partial charge in [0.1, 0.15) is 17.1 Å². The van der Waals surface area contributed by atoms with Crippen LogP contribution in [0.25, 0.3) is 5.52 Å². The zero-order valence-electron chi connectivity index (χ0n) is 18.2. The second-order valence-electron chi connectivity index (χ2n) is 8.54. The molecule has 2 atom stereocenters. The largest absolute Gasteiger partial charge is 0.455 e. The molecule has 3 aromatic rings. The Morgan fingerprint density at radius 2 is 2.06 bits per heavy atom. The summed E-state index contributed by atoms with van der Waals surface area (Å²) in [5.41, 5.74) is 1.77. The fourth-order valence-corrected chi connectivity index (χ4v) is 3.89. The van der Waals surface area contributed by atoms with E-state index in [0.717, 1.165) is 12.8 Å². The molecule has 2 aliphatic rings. The highest BCUT2D eigenvalue weighted by Crippen LogP contribution is 2.33. The smallest absolute Gasteiger partial charge is 0.319 e. The summed E-state index contributed by atoms with van der Waals surface area (Å²) in [7, 11) is 0. The lowest BCUT2D eigenvalue weighted by molar-refractivity contribution is -0.0357. The van der Waals surface area contributed by atoms with Gasteiger partial charge in [-0.15, -0.1) is 0 Å². The zero-order valence-corrected chi connectivity index (χ0v) is 18.2. The van der Waals surface area contributed by atoms with Crippen molar-refractivity contribution >= 4 is 23.1 Å². The molecule has 0 radical (unpaired) electrons. The van der Waals surface area contributed by atoms with Crippen LogP contribution in [0.5, 0.6) is 11.5 Å². The summed E-state index contributed by atoms with van der Waals surface area (Å²) in [6.45, 7) is 3.89. The standard InChI is InChI=1S/C23H24FN5O4/c1-12-16(22(31)28-11-19(30)13(28)2)10-29-21(12)20(7-8-25-29)33-15-5-6-18(17(24)9-15)27-23(32)26-14-3-4-14/h5-10,13-14,19,30H,3-4,11H2,1-2H3,(H2,26,27,32)/t13-,19-/m1/s1. The van der Waals surface area contributed by atoms with Crippen LogP contribution in [-0.2, 0) is 0 Å². The van der Waals surface area contributed by atoms with E-state index in [0.29, 0.717) is 28.9 Å². The number of benzene rings is 1. The minimum Gasteiger partial charge on any atom is -0.455 e. The van der Waals surface area contributed by atoms with Crippen molar-refractivity contribution in [2.45, 2.75) is 44.9 Å². The summed E-state index contributed by atoms with van der Waals surface area (Å²) in [4.78, 5) is 26.4. The second-order valence-corrected chi connectivity index (χ2v) is 8.54. The van der Waals surface area contributed by atoms with Crippen LogP contribution in [0.1, 0.15) is 35.7 Å². The second kappa shape index (κ2) is 8.04. The van der Waals surface area contributed by atoms with Gasteiger partial charge in [0.05, 0.1) is 29.6 Å². The fourth-order valence-electron chi connectivity index (χ4n) is 3.89. The number of carbonyl (C=O) groups is 2. The molecular weight excluding hydrogens is 429 g/mol. The number of nitrogens with zero attached hydrogens (tertiary/aromatic N) is 3. The van der Waals surface area contributed by atoms with Gasteiger partial charge in [-0.2, -0.15) is 5.10 Å². The first-order valence-corrected chi connectivity index (χ1v) is 10.8. The maximum Gasteiger partial charge on any atom is 0.319 e. The van der Waals surface area contributed by atoms with E-state index in [2.05, 4.69) is 15.7 Å². The summed E-state index contributed by atoms with van der Waals surface area (Å²) in [5.74, 6) is -0.170. The van der Waals surface area contributed by atoms with E-state index < -0.39 is 18.0 Å². The number of amides is 3. The van der Waals surface area contributed by atoms with Crippen LogP contribution in [0.3, 0.4) is 0 Å². The normalized spacial score (nSPS) is 19.8. The third-order valence-electron chi connectivity index (χ3n) is 6.14. The number of hydrogen-bond donors (Lipinski definition) is 3.